The van der Waals surface area contributed by atoms with E-state index in [4.69, 9.17) is 10.5 Å². The largest absolute Gasteiger partial charge is 0.367 e. The molecule has 92 valence electrons. The first-order valence-corrected chi connectivity index (χ1v) is 6.19. The van der Waals surface area contributed by atoms with E-state index in [0.717, 1.165) is 19.4 Å². The summed E-state index contributed by atoms with van der Waals surface area (Å²) >= 11 is 0. The van der Waals surface area contributed by atoms with Gasteiger partial charge in [-0.1, -0.05) is 6.92 Å². The minimum absolute atomic E-state index is 0.155. The molecule has 0 spiro atoms. The Balaban J connectivity index is 1.69. The van der Waals surface area contributed by atoms with Gasteiger partial charge in [0.05, 0.1) is 6.10 Å². The molecule has 0 bridgehead atoms. The van der Waals surface area contributed by atoms with E-state index in [2.05, 4.69) is 19.2 Å². The number of hydrogen-bond acceptors (Lipinski definition) is 3. The number of rotatable bonds is 5. The molecule has 1 saturated carbocycles. The van der Waals surface area contributed by atoms with Gasteiger partial charge in [0.1, 0.15) is 6.10 Å². The van der Waals surface area contributed by atoms with Crippen molar-refractivity contribution in [2.24, 2.45) is 11.1 Å². The lowest BCUT2D eigenvalue weighted by molar-refractivity contribution is -0.128. The van der Waals surface area contributed by atoms with Gasteiger partial charge >= 0.3 is 0 Å². The van der Waals surface area contributed by atoms with Crippen LogP contribution in [0.1, 0.15) is 39.5 Å². The Hall–Kier alpha value is -0.610. The van der Waals surface area contributed by atoms with Crippen LogP contribution in [0.15, 0.2) is 0 Å². The average molecular weight is 226 g/mol. The van der Waals surface area contributed by atoms with Crippen LogP contribution in [-0.2, 0) is 9.53 Å². The monoisotopic (exact) mass is 226 g/mol. The highest BCUT2D eigenvalue weighted by Crippen LogP contribution is 2.47. The van der Waals surface area contributed by atoms with Gasteiger partial charge < -0.3 is 15.8 Å². The van der Waals surface area contributed by atoms with Gasteiger partial charge in [0, 0.05) is 12.6 Å². The van der Waals surface area contributed by atoms with Gasteiger partial charge in [-0.2, -0.15) is 0 Å². The molecule has 3 atom stereocenters. The lowest BCUT2D eigenvalue weighted by atomic mass is 10.0. The maximum atomic E-state index is 10.9. The molecule has 2 aliphatic rings. The smallest absolute Gasteiger partial charge is 0.246 e. The highest BCUT2D eigenvalue weighted by molar-refractivity contribution is 5.79. The zero-order chi connectivity index (χ0) is 11.8. The molecule has 0 aromatic carbocycles. The Labute approximate surface area is 96.9 Å². The summed E-state index contributed by atoms with van der Waals surface area (Å²) in [5.41, 5.74) is 5.70. The minimum Gasteiger partial charge on any atom is -0.367 e. The first-order valence-electron chi connectivity index (χ1n) is 6.19. The van der Waals surface area contributed by atoms with Gasteiger partial charge in [-0.25, -0.2) is 0 Å². The molecule has 0 radical (unpaired) electrons. The number of nitrogens with two attached hydrogens (primary N) is 1. The van der Waals surface area contributed by atoms with Crippen LogP contribution < -0.4 is 11.1 Å². The second kappa shape index (κ2) is 4.34. The van der Waals surface area contributed by atoms with E-state index in [1.165, 1.54) is 12.8 Å². The number of amides is 1. The standard InChI is InChI=1S/C12H22N2O2/c1-8(12(2)5-6-12)14-7-9-3-4-10(16-9)11(13)15/h8-10,14H,3-7H2,1-2H3,(H2,13,15). The molecule has 3 N–H and O–H groups in total. The van der Waals surface area contributed by atoms with E-state index in [1.807, 2.05) is 0 Å². The van der Waals surface area contributed by atoms with E-state index >= 15 is 0 Å². The zero-order valence-corrected chi connectivity index (χ0v) is 10.2. The average Bonchev–Trinajstić information content (AvgIpc) is 2.82. The fraction of sp³-hybridized carbons (Fsp3) is 0.917. The van der Waals surface area contributed by atoms with E-state index in [9.17, 15) is 4.79 Å². The van der Waals surface area contributed by atoms with Crippen molar-refractivity contribution in [2.45, 2.75) is 57.8 Å². The fourth-order valence-electron chi connectivity index (χ4n) is 2.25. The molecule has 1 saturated heterocycles. The third-order valence-electron chi connectivity index (χ3n) is 4.16. The predicted molar refractivity (Wildman–Crippen MR) is 61.9 cm³/mol. The Morgan fingerprint density at radius 2 is 2.25 bits per heavy atom. The molecule has 0 aromatic heterocycles. The van der Waals surface area contributed by atoms with E-state index in [-0.39, 0.29) is 18.1 Å². The van der Waals surface area contributed by atoms with Crippen LogP contribution >= 0.6 is 0 Å². The lowest BCUT2D eigenvalue weighted by Gasteiger charge is -2.22. The molecule has 1 aliphatic heterocycles. The Bertz CT molecular complexity index is 276. The molecule has 1 aliphatic carbocycles. The van der Waals surface area contributed by atoms with Crippen molar-refractivity contribution >= 4 is 5.91 Å². The third kappa shape index (κ3) is 2.55. The van der Waals surface area contributed by atoms with Crippen LogP contribution in [-0.4, -0.2) is 30.7 Å². The highest BCUT2D eigenvalue weighted by atomic mass is 16.5. The summed E-state index contributed by atoms with van der Waals surface area (Å²) in [7, 11) is 0. The second-order valence-corrected chi connectivity index (χ2v) is 5.51. The summed E-state index contributed by atoms with van der Waals surface area (Å²) in [6, 6.07) is 0.531. The van der Waals surface area contributed by atoms with E-state index in [1.54, 1.807) is 0 Å². The van der Waals surface area contributed by atoms with Crippen molar-refractivity contribution in [2.75, 3.05) is 6.54 Å². The Kier molecular flexibility index (Phi) is 3.22. The number of ether oxygens (including phenoxy) is 1. The molecular formula is C12H22N2O2. The van der Waals surface area contributed by atoms with Gasteiger partial charge in [0.2, 0.25) is 5.91 Å². The Morgan fingerprint density at radius 1 is 1.56 bits per heavy atom. The highest BCUT2D eigenvalue weighted by Gasteiger charge is 2.42. The number of carbonyl (C=O) groups is 1. The van der Waals surface area contributed by atoms with Crippen molar-refractivity contribution in [3.05, 3.63) is 0 Å². The van der Waals surface area contributed by atoms with Crippen LogP contribution in [0.2, 0.25) is 0 Å². The minimum atomic E-state index is -0.362. The molecule has 16 heavy (non-hydrogen) atoms. The normalized spacial score (nSPS) is 33.6. The van der Waals surface area contributed by atoms with Gasteiger partial charge in [0.15, 0.2) is 0 Å². The summed E-state index contributed by atoms with van der Waals surface area (Å²) in [6.45, 7) is 5.38. The predicted octanol–water partition coefficient (Wildman–Crippen LogP) is 0.797. The summed E-state index contributed by atoms with van der Waals surface area (Å²) in [6.07, 6.45) is 4.13. The summed E-state index contributed by atoms with van der Waals surface area (Å²) < 4.78 is 5.57. The summed E-state index contributed by atoms with van der Waals surface area (Å²) in [5, 5.41) is 3.51. The maximum absolute atomic E-state index is 10.9. The summed E-state index contributed by atoms with van der Waals surface area (Å²) in [5.74, 6) is -0.329. The molecule has 4 heteroatoms. The van der Waals surface area contributed by atoms with Gasteiger partial charge in [-0.3, -0.25) is 4.79 Å². The van der Waals surface area contributed by atoms with Crippen LogP contribution in [0.5, 0.6) is 0 Å². The topological polar surface area (TPSA) is 64.3 Å². The number of primary amides is 1. The van der Waals surface area contributed by atoms with Gasteiger partial charge in [0.25, 0.3) is 0 Å². The lowest BCUT2D eigenvalue weighted by Crippen LogP contribution is -2.39. The van der Waals surface area contributed by atoms with Crippen LogP contribution in [0.4, 0.5) is 0 Å². The second-order valence-electron chi connectivity index (χ2n) is 5.51. The molecule has 2 rings (SSSR count). The molecule has 1 amide bonds. The first-order chi connectivity index (χ1) is 7.51. The van der Waals surface area contributed by atoms with Gasteiger partial charge in [-0.15, -0.1) is 0 Å². The van der Waals surface area contributed by atoms with Crippen molar-refractivity contribution in [1.82, 2.24) is 5.32 Å². The van der Waals surface area contributed by atoms with Gasteiger partial charge in [-0.05, 0) is 38.0 Å². The van der Waals surface area contributed by atoms with Crippen LogP contribution in [0, 0.1) is 5.41 Å². The molecule has 2 fully saturated rings. The zero-order valence-electron chi connectivity index (χ0n) is 10.2. The maximum Gasteiger partial charge on any atom is 0.246 e. The molecule has 3 unspecified atom stereocenters. The Morgan fingerprint density at radius 3 is 2.75 bits per heavy atom. The van der Waals surface area contributed by atoms with Crippen LogP contribution in [0.3, 0.4) is 0 Å². The van der Waals surface area contributed by atoms with Crippen molar-refractivity contribution in [3.63, 3.8) is 0 Å². The number of carbonyl (C=O) groups excluding carboxylic acids is 1. The van der Waals surface area contributed by atoms with E-state index in [0.29, 0.717) is 11.5 Å². The molecular weight excluding hydrogens is 204 g/mol. The summed E-state index contributed by atoms with van der Waals surface area (Å²) in [4.78, 5) is 10.9. The van der Waals surface area contributed by atoms with E-state index < -0.39 is 0 Å². The number of hydrogen-bond donors (Lipinski definition) is 2. The van der Waals surface area contributed by atoms with Crippen molar-refractivity contribution < 1.29 is 9.53 Å². The molecule has 0 aromatic rings. The quantitative estimate of drug-likeness (QED) is 0.728. The fourth-order valence-corrected chi connectivity index (χ4v) is 2.25. The van der Waals surface area contributed by atoms with Crippen LogP contribution in [0.25, 0.3) is 0 Å². The number of nitrogens with one attached hydrogen (secondary N) is 1. The van der Waals surface area contributed by atoms with Crippen molar-refractivity contribution in [3.8, 4) is 0 Å². The molecule has 1 heterocycles. The molecule has 4 nitrogen and oxygen atoms in total. The third-order valence-corrected chi connectivity index (χ3v) is 4.16. The SMILES string of the molecule is CC(NCC1CCC(C(N)=O)O1)C1(C)CC1. The first kappa shape index (κ1) is 11.9. The van der Waals surface area contributed by atoms with Crippen molar-refractivity contribution in [1.29, 1.82) is 0 Å².